The third-order valence-electron chi connectivity index (χ3n) is 5.32. The van der Waals surface area contributed by atoms with Gasteiger partial charge in [-0.25, -0.2) is 4.98 Å². The van der Waals surface area contributed by atoms with Crippen LogP contribution in [0.5, 0.6) is 5.88 Å². The van der Waals surface area contributed by atoms with E-state index in [4.69, 9.17) is 16.3 Å². The average molecular weight is 449 g/mol. The third kappa shape index (κ3) is 4.76. The van der Waals surface area contributed by atoms with Crippen molar-refractivity contribution in [3.05, 3.63) is 75.4 Å². The zero-order chi connectivity index (χ0) is 23.6. The van der Waals surface area contributed by atoms with Crippen molar-refractivity contribution in [3.8, 4) is 17.0 Å². The molecule has 32 heavy (non-hydrogen) atoms. The van der Waals surface area contributed by atoms with Crippen LogP contribution in [0.4, 0.5) is 5.69 Å². The number of hydrogen-bond acceptors (Lipinski definition) is 4. The molecule has 0 unspecified atom stereocenters. The maximum atomic E-state index is 13.5. The standard InChI is InChI=1S/C27H29ClN2O2/c1-16-13-17(2)24(18(3)14-16)29-15-20(31)22-21(19-11-9-8-10-12-19)23(27(4,5)6)26(32-7)30-25(22)28/h8-15H,1-7H3. The van der Waals surface area contributed by atoms with Crippen LogP contribution in [0, 0.1) is 20.8 Å². The summed E-state index contributed by atoms with van der Waals surface area (Å²) < 4.78 is 5.58. The smallest absolute Gasteiger partial charge is 0.218 e. The van der Waals surface area contributed by atoms with E-state index in [2.05, 4.69) is 42.9 Å². The number of methoxy groups -OCH3 is 1. The van der Waals surface area contributed by atoms with Crippen LogP contribution >= 0.6 is 11.6 Å². The van der Waals surface area contributed by atoms with Gasteiger partial charge in [-0.15, -0.1) is 0 Å². The molecule has 0 aliphatic heterocycles. The van der Waals surface area contributed by atoms with E-state index in [1.165, 1.54) is 6.21 Å². The Morgan fingerprint density at radius 2 is 1.66 bits per heavy atom. The van der Waals surface area contributed by atoms with E-state index < -0.39 is 0 Å². The number of ketones is 1. The van der Waals surface area contributed by atoms with Crippen LogP contribution in [-0.2, 0) is 5.41 Å². The lowest BCUT2D eigenvalue weighted by Crippen LogP contribution is -2.19. The zero-order valence-electron chi connectivity index (χ0n) is 19.7. The van der Waals surface area contributed by atoms with Crippen LogP contribution in [0.1, 0.15) is 53.4 Å². The monoisotopic (exact) mass is 448 g/mol. The highest BCUT2D eigenvalue weighted by molar-refractivity contribution is 6.43. The van der Waals surface area contributed by atoms with Crippen molar-refractivity contribution in [1.82, 2.24) is 4.98 Å². The van der Waals surface area contributed by atoms with E-state index in [0.29, 0.717) is 11.4 Å². The van der Waals surface area contributed by atoms with Gasteiger partial charge in [-0.2, -0.15) is 0 Å². The van der Waals surface area contributed by atoms with Crippen LogP contribution in [-0.4, -0.2) is 24.1 Å². The molecule has 0 radical (unpaired) electrons. The number of carbonyl (C=O) groups is 1. The summed E-state index contributed by atoms with van der Waals surface area (Å²) in [5.74, 6) is 0.119. The number of benzene rings is 2. The van der Waals surface area contributed by atoms with Crippen LogP contribution in [0.3, 0.4) is 0 Å². The van der Waals surface area contributed by atoms with Crippen LogP contribution in [0.15, 0.2) is 47.5 Å². The highest BCUT2D eigenvalue weighted by Crippen LogP contribution is 2.43. The molecule has 0 bridgehead atoms. The van der Waals surface area contributed by atoms with Crippen molar-refractivity contribution in [2.45, 2.75) is 47.0 Å². The van der Waals surface area contributed by atoms with E-state index >= 15 is 0 Å². The molecule has 0 saturated carbocycles. The summed E-state index contributed by atoms with van der Waals surface area (Å²) in [6.07, 6.45) is 1.35. The van der Waals surface area contributed by atoms with Gasteiger partial charge in [-0.3, -0.25) is 9.79 Å². The molecule has 5 heteroatoms. The molecule has 0 fully saturated rings. The fourth-order valence-electron chi connectivity index (χ4n) is 4.06. The van der Waals surface area contributed by atoms with Gasteiger partial charge in [0, 0.05) is 11.1 Å². The van der Waals surface area contributed by atoms with Gasteiger partial charge in [0.1, 0.15) is 5.15 Å². The first kappa shape index (κ1) is 23.7. The highest BCUT2D eigenvalue weighted by atomic mass is 35.5. The highest BCUT2D eigenvalue weighted by Gasteiger charge is 2.31. The Bertz CT molecular complexity index is 1170. The molecular formula is C27H29ClN2O2. The molecule has 3 rings (SSSR count). The Morgan fingerprint density at radius 3 is 2.19 bits per heavy atom. The maximum absolute atomic E-state index is 13.5. The second-order valence-electron chi connectivity index (χ2n) is 9.02. The molecular weight excluding hydrogens is 420 g/mol. The lowest BCUT2D eigenvalue weighted by atomic mass is 9.80. The zero-order valence-corrected chi connectivity index (χ0v) is 20.5. The summed E-state index contributed by atoms with van der Waals surface area (Å²) in [5.41, 5.74) is 6.40. The first-order valence-corrected chi connectivity index (χ1v) is 10.9. The maximum Gasteiger partial charge on any atom is 0.218 e. The Morgan fingerprint density at radius 1 is 1.06 bits per heavy atom. The van der Waals surface area contributed by atoms with Gasteiger partial charge in [0.15, 0.2) is 0 Å². The lowest BCUT2D eigenvalue weighted by Gasteiger charge is -2.27. The Labute approximate surface area is 195 Å². The number of rotatable bonds is 5. The van der Waals surface area contributed by atoms with E-state index in [0.717, 1.165) is 39.1 Å². The van der Waals surface area contributed by atoms with Gasteiger partial charge < -0.3 is 4.74 Å². The summed E-state index contributed by atoms with van der Waals surface area (Å²) in [7, 11) is 1.56. The van der Waals surface area contributed by atoms with Gasteiger partial charge in [0.05, 0.1) is 24.6 Å². The second kappa shape index (κ2) is 9.25. The summed E-state index contributed by atoms with van der Waals surface area (Å²) in [6, 6.07) is 13.8. The third-order valence-corrected chi connectivity index (χ3v) is 5.59. The number of hydrogen-bond donors (Lipinski definition) is 0. The molecule has 3 aromatic rings. The number of aromatic nitrogens is 1. The van der Waals surface area contributed by atoms with Crippen molar-refractivity contribution in [2.24, 2.45) is 4.99 Å². The van der Waals surface area contributed by atoms with Gasteiger partial charge >= 0.3 is 0 Å². The molecule has 1 heterocycles. The van der Waals surface area contributed by atoms with Crippen molar-refractivity contribution in [3.63, 3.8) is 0 Å². The molecule has 0 saturated heterocycles. The first-order chi connectivity index (χ1) is 15.0. The minimum atomic E-state index is -0.343. The molecule has 0 amide bonds. The summed E-state index contributed by atoms with van der Waals surface area (Å²) >= 11 is 6.57. The van der Waals surface area contributed by atoms with Crippen molar-refractivity contribution in [2.75, 3.05) is 7.11 Å². The fraction of sp³-hybridized carbons (Fsp3) is 0.296. The SMILES string of the molecule is COc1nc(Cl)c(C(=O)C=Nc2c(C)cc(C)cc2C)c(-c2ccccc2)c1C(C)(C)C. The Balaban J connectivity index is 2.25. The quantitative estimate of drug-likeness (QED) is 0.235. The molecule has 4 nitrogen and oxygen atoms in total. The fourth-order valence-corrected chi connectivity index (χ4v) is 4.33. The van der Waals surface area contributed by atoms with Gasteiger partial charge in [-0.1, -0.05) is 80.4 Å². The Hall–Kier alpha value is -2.98. The topological polar surface area (TPSA) is 51.5 Å². The summed E-state index contributed by atoms with van der Waals surface area (Å²) in [6.45, 7) is 12.2. The number of ether oxygens (including phenoxy) is 1. The summed E-state index contributed by atoms with van der Waals surface area (Å²) in [4.78, 5) is 22.5. The molecule has 0 aliphatic carbocycles. The molecule has 0 spiro atoms. The molecule has 0 N–H and O–H groups in total. The second-order valence-corrected chi connectivity index (χ2v) is 9.38. The number of aliphatic imine (C=N–C) groups is 1. The van der Waals surface area contributed by atoms with E-state index in [9.17, 15) is 4.79 Å². The van der Waals surface area contributed by atoms with E-state index in [1.807, 2.05) is 51.1 Å². The van der Waals surface area contributed by atoms with Gasteiger partial charge in [-0.05, 0) is 42.9 Å². The van der Waals surface area contributed by atoms with Crippen LogP contribution in [0.25, 0.3) is 11.1 Å². The average Bonchev–Trinajstić information content (AvgIpc) is 2.71. The van der Waals surface area contributed by atoms with Gasteiger partial charge in [0.2, 0.25) is 11.7 Å². The number of Topliss-reactive ketones (excluding diaryl/α,β-unsaturated/α-hetero) is 1. The predicted molar refractivity (Wildman–Crippen MR) is 133 cm³/mol. The molecule has 166 valence electrons. The molecule has 2 aromatic carbocycles. The molecule has 1 aromatic heterocycles. The number of carbonyl (C=O) groups excluding carboxylic acids is 1. The minimum Gasteiger partial charge on any atom is -0.481 e. The Kier molecular flexibility index (Phi) is 6.85. The van der Waals surface area contributed by atoms with Crippen LogP contribution < -0.4 is 4.74 Å². The van der Waals surface area contributed by atoms with Crippen molar-refractivity contribution >= 4 is 29.3 Å². The number of pyridine rings is 1. The van der Waals surface area contributed by atoms with E-state index in [1.54, 1.807) is 7.11 Å². The molecule has 0 atom stereocenters. The normalized spacial score (nSPS) is 11.8. The van der Waals surface area contributed by atoms with Gasteiger partial charge in [0.25, 0.3) is 0 Å². The van der Waals surface area contributed by atoms with E-state index in [-0.39, 0.29) is 16.4 Å². The lowest BCUT2D eigenvalue weighted by molar-refractivity contribution is 0.107. The number of nitrogens with zero attached hydrogens (tertiary/aromatic N) is 2. The first-order valence-electron chi connectivity index (χ1n) is 10.5. The van der Waals surface area contributed by atoms with Crippen molar-refractivity contribution < 1.29 is 9.53 Å². The largest absolute Gasteiger partial charge is 0.481 e. The summed E-state index contributed by atoms with van der Waals surface area (Å²) in [5, 5.41) is 0.0995. The van der Waals surface area contributed by atoms with Crippen molar-refractivity contribution in [1.29, 1.82) is 0 Å². The van der Waals surface area contributed by atoms with Crippen LogP contribution in [0.2, 0.25) is 5.15 Å². The number of halogens is 1. The predicted octanol–water partition coefficient (Wildman–Crippen LogP) is 7.22. The molecule has 0 aliphatic rings. The minimum absolute atomic E-state index is 0.0995. The number of aryl methyl sites for hydroxylation is 3.